The van der Waals surface area contributed by atoms with Crippen molar-refractivity contribution in [2.75, 3.05) is 0 Å². The van der Waals surface area contributed by atoms with Crippen molar-refractivity contribution in [3.63, 3.8) is 0 Å². The molecule has 0 saturated carbocycles. The smallest absolute Gasteiger partial charge is 0.303 e. The molecule has 0 saturated heterocycles. The van der Waals surface area contributed by atoms with E-state index in [0.717, 1.165) is 5.56 Å². The standard InChI is InChI=1S/C13H14F3N3O3S/c1-8-4-3-5-19-10(7-17-12(8)19)6-11(20)18-23(21,22)9(2)13(14,15)16/h3-5,7,9H,6H2,1-2H3,(H,18,20). The fourth-order valence-electron chi connectivity index (χ4n) is 1.96. The number of nitrogens with one attached hydrogen (secondary N) is 1. The van der Waals surface area contributed by atoms with Crippen molar-refractivity contribution in [1.82, 2.24) is 14.1 Å². The second kappa shape index (κ2) is 5.84. The van der Waals surface area contributed by atoms with Crippen LogP contribution in [0.2, 0.25) is 0 Å². The molecule has 0 aliphatic heterocycles. The summed E-state index contributed by atoms with van der Waals surface area (Å²) in [7, 11) is -4.84. The van der Waals surface area contributed by atoms with Gasteiger partial charge in [0.05, 0.1) is 12.1 Å². The minimum atomic E-state index is -4.95. The molecule has 0 aromatic carbocycles. The van der Waals surface area contributed by atoms with E-state index in [9.17, 15) is 26.4 Å². The Labute approximate surface area is 130 Å². The third-order valence-electron chi connectivity index (χ3n) is 3.33. The number of hydrogen-bond acceptors (Lipinski definition) is 4. The molecule has 0 bridgehead atoms. The Morgan fingerprint density at radius 1 is 1.43 bits per heavy atom. The van der Waals surface area contributed by atoms with Crippen LogP contribution in [0, 0.1) is 6.92 Å². The van der Waals surface area contributed by atoms with Crippen molar-refractivity contribution in [3.8, 4) is 0 Å². The Hall–Kier alpha value is -2.10. The molecule has 1 unspecified atom stereocenters. The van der Waals surface area contributed by atoms with Gasteiger partial charge in [-0.1, -0.05) is 6.07 Å². The SMILES string of the molecule is Cc1cccn2c(CC(=O)NS(=O)(=O)C(C)C(F)(F)F)cnc12. The number of sulfonamides is 1. The molecular weight excluding hydrogens is 335 g/mol. The molecule has 2 aromatic rings. The van der Waals surface area contributed by atoms with Crippen LogP contribution in [0.4, 0.5) is 13.2 Å². The molecule has 2 heterocycles. The number of carbonyl (C=O) groups is 1. The summed E-state index contributed by atoms with van der Waals surface area (Å²) in [6, 6.07) is 3.52. The van der Waals surface area contributed by atoms with Gasteiger partial charge in [-0.25, -0.2) is 13.4 Å². The van der Waals surface area contributed by atoms with Crippen molar-refractivity contribution in [2.24, 2.45) is 0 Å². The molecule has 0 aliphatic carbocycles. The highest BCUT2D eigenvalue weighted by molar-refractivity contribution is 7.90. The first-order valence-corrected chi connectivity index (χ1v) is 8.09. The number of carbonyl (C=O) groups excluding carboxylic acids is 1. The lowest BCUT2D eigenvalue weighted by Gasteiger charge is -2.16. The number of pyridine rings is 1. The van der Waals surface area contributed by atoms with Gasteiger partial charge in [0.25, 0.3) is 0 Å². The maximum atomic E-state index is 12.5. The van der Waals surface area contributed by atoms with Crippen LogP contribution in [-0.2, 0) is 21.2 Å². The van der Waals surface area contributed by atoms with Gasteiger partial charge in [0.2, 0.25) is 15.9 Å². The normalized spacial score (nSPS) is 14.0. The molecule has 1 N–H and O–H groups in total. The molecule has 2 aromatic heterocycles. The molecular formula is C13H14F3N3O3S. The zero-order valence-corrected chi connectivity index (χ0v) is 13.1. The number of halogens is 3. The number of aryl methyl sites for hydroxylation is 1. The van der Waals surface area contributed by atoms with E-state index < -0.39 is 33.8 Å². The molecule has 1 amide bonds. The van der Waals surface area contributed by atoms with E-state index in [4.69, 9.17) is 0 Å². The van der Waals surface area contributed by atoms with Gasteiger partial charge in [0.1, 0.15) is 5.65 Å². The number of nitrogens with zero attached hydrogens (tertiary/aromatic N) is 2. The highest BCUT2D eigenvalue weighted by Gasteiger charge is 2.45. The molecule has 2 rings (SSSR count). The summed E-state index contributed by atoms with van der Waals surface area (Å²) >= 11 is 0. The molecule has 23 heavy (non-hydrogen) atoms. The van der Waals surface area contributed by atoms with E-state index in [1.807, 2.05) is 13.0 Å². The van der Waals surface area contributed by atoms with Crippen molar-refractivity contribution >= 4 is 21.6 Å². The lowest BCUT2D eigenvalue weighted by molar-refractivity contribution is -0.127. The molecule has 0 fully saturated rings. The van der Waals surface area contributed by atoms with Crippen molar-refractivity contribution in [1.29, 1.82) is 0 Å². The lowest BCUT2D eigenvalue weighted by atomic mass is 10.3. The first-order chi connectivity index (χ1) is 10.5. The van der Waals surface area contributed by atoms with E-state index in [1.54, 1.807) is 16.7 Å². The number of amides is 1. The van der Waals surface area contributed by atoms with Gasteiger partial charge in [0, 0.05) is 12.4 Å². The average molecular weight is 349 g/mol. The Morgan fingerprint density at radius 2 is 2.09 bits per heavy atom. The molecule has 10 heteroatoms. The summed E-state index contributed by atoms with van der Waals surface area (Å²) in [4.78, 5) is 15.9. The summed E-state index contributed by atoms with van der Waals surface area (Å²) in [5, 5.41) is -2.68. The summed E-state index contributed by atoms with van der Waals surface area (Å²) in [6.45, 7) is 2.29. The summed E-state index contributed by atoms with van der Waals surface area (Å²) < 4.78 is 63.6. The van der Waals surface area contributed by atoms with E-state index in [2.05, 4.69) is 4.98 Å². The summed E-state index contributed by atoms with van der Waals surface area (Å²) in [5.41, 5.74) is 1.80. The van der Waals surface area contributed by atoms with Crippen molar-refractivity contribution in [3.05, 3.63) is 35.8 Å². The predicted molar refractivity (Wildman–Crippen MR) is 76.2 cm³/mol. The Balaban J connectivity index is 2.18. The second-order valence-corrected chi connectivity index (χ2v) is 7.07. The highest BCUT2D eigenvalue weighted by atomic mass is 32.2. The van der Waals surface area contributed by atoms with Crippen LogP contribution in [0.3, 0.4) is 0 Å². The first-order valence-electron chi connectivity index (χ1n) is 6.55. The Kier molecular flexibility index (Phi) is 4.38. The number of alkyl halides is 3. The van der Waals surface area contributed by atoms with Gasteiger partial charge in [-0.05, 0) is 25.5 Å². The topological polar surface area (TPSA) is 80.5 Å². The Bertz CT molecular complexity index is 843. The van der Waals surface area contributed by atoms with Crippen LogP contribution in [-0.4, -0.2) is 35.1 Å². The van der Waals surface area contributed by atoms with E-state index in [0.29, 0.717) is 18.3 Å². The van der Waals surface area contributed by atoms with Gasteiger partial charge in [0.15, 0.2) is 5.25 Å². The molecule has 0 aliphatic rings. The summed E-state index contributed by atoms with van der Waals surface area (Å²) in [6.07, 6.45) is -2.35. The molecule has 1 atom stereocenters. The van der Waals surface area contributed by atoms with Crippen LogP contribution in [0.1, 0.15) is 18.2 Å². The average Bonchev–Trinajstić information content (AvgIpc) is 2.81. The molecule has 0 spiro atoms. The van der Waals surface area contributed by atoms with Crippen LogP contribution in [0.5, 0.6) is 0 Å². The lowest BCUT2D eigenvalue weighted by Crippen LogP contribution is -2.44. The molecule has 0 radical (unpaired) electrons. The monoisotopic (exact) mass is 349 g/mol. The zero-order valence-electron chi connectivity index (χ0n) is 12.3. The minimum absolute atomic E-state index is 0.371. The molecule has 126 valence electrons. The third kappa shape index (κ3) is 3.63. The largest absolute Gasteiger partial charge is 0.407 e. The summed E-state index contributed by atoms with van der Waals surface area (Å²) in [5.74, 6) is -1.05. The van der Waals surface area contributed by atoms with Crippen molar-refractivity contribution in [2.45, 2.75) is 31.7 Å². The molecule has 6 nitrogen and oxygen atoms in total. The second-order valence-electron chi connectivity index (χ2n) is 5.07. The fraction of sp³-hybridized carbons (Fsp3) is 0.385. The minimum Gasteiger partial charge on any atom is -0.303 e. The van der Waals surface area contributed by atoms with E-state index in [-0.39, 0.29) is 0 Å². The van der Waals surface area contributed by atoms with Gasteiger partial charge in [-0.3, -0.25) is 9.52 Å². The van der Waals surface area contributed by atoms with Gasteiger partial charge >= 0.3 is 6.18 Å². The van der Waals surface area contributed by atoms with Gasteiger partial charge in [-0.2, -0.15) is 13.2 Å². The third-order valence-corrected chi connectivity index (χ3v) is 5.04. The zero-order chi connectivity index (χ0) is 17.4. The predicted octanol–water partition coefficient (Wildman–Crippen LogP) is 1.58. The number of fused-ring (bicyclic) bond motifs is 1. The van der Waals surface area contributed by atoms with Gasteiger partial charge in [-0.15, -0.1) is 0 Å². The van der Waals surface area contributed by atoms with Crippen molar-refractivity contribution < 1.29 is 26.4 Å². The van der Waals surface area contributed by atoms with E-state index in [1.165, 1.54) is 10.9 Å². The number of imidazole rings is 1. The maximum Gasteiger partial charge on any atom is 0.407 e. The number of hydrogen-bond donors (Lipinski definition) is 1. The van der Waals surface area contributed by atoms with Crippen LogP contribution < -0.4 is 4.72 Å². The van der Waals surface area contributed by atoms with Crippen LogP contribution in [0.15, 0.2) is 24.5 Å². The van der Waals surface area contributed by atoms with E-state index >= 15 is 0 Å². The fourth-order valence-corrected chi connectivity index (χ4v) is 2.87. The van der Waals surface area contributed by atoms with Crippen LogP contribution in [0.25, 0.3) is 5.65 Å². The first kappa shape index (κ1) is 17.3. The Morgan fingerprint density at radius 3 is 2.70 bits per heavy atom. The van der Waals surface area contributed by atoms with Gasteiger partial charge < -0.3 is 4.40 Å². The quantitative estimate of drug-likeness (QED) is 0.909. The number of aromatic nitrogens is 2. The number of rotatable bonds is 4. The maximum absolute atomic E-state index is 12.5. The van der Waals surface area contributed by atoms with Crippen LogP contribution >= 0.6 is 0 Å². The highest BCUT2D eigenvalue weighted by Crippen LogP contribution is 2.25.